The van der Waals surface area contributed by atoms with Gasteiger partial charge in [-0.05, 0) is 17.5 Å². The van der Waals surface area contributed by atoms with Crippen molar-refractivity contribution in [2.75, 3.05) is 11.9 Å². The third-order valence-electron chi connectivity index (χ3n) is 2.13. The van der Waals surface area contributed by atoms with Crippen molar-refractivity contribution in [3.8, 4) is 0 Å². The smallest absolute Gasteiger partial charge is 0.212 e. The summed E-state index contributed by atoms with van der Waals surface area (Å²) in [5, 5.41) is 3.33. The van der Waals surface area contributed by atoms with Crippen LogP contribution in [0.25, 0.3) is 0 Å². The Balaban J connectivity index is 2.26. The van der Waals surface area contributed by atoms with Crippen molar-refractivity contribution in [3.63, 3.8) is 0 Å². The van der Waals surface area contributed by atoms with Gasteiger partial charge in [0.05, 0.1) is 0 Å². The third-order valence-corrected chi connectivity index (χ3v) is 2.13. The SMILES string of the molecule is CN(C1=NN(F)NC(F)=C1)c1ccccc1. The van der Waals surface area contributed by atoms with E-state index in [0.717, 1.165) is 11.8 Å². The van der Waals surface area contributed by atoms with E-state index in [4.69, 9.17) is 0 Å². The number of rotatable bonds is 1. The number of anilines is 1. The predicted molar refractivity (Wildman–Crippen MR) is 57.6 cm³/mol. The third kappa shape index (κ3) is 2.10. The molecular weight excluding hydrogens is 214 g/mol. The normalized spacial score (nSPS) is 15.1. The van der Waals surface area contributed by atoms with Gasteiger partial charge in [-0.3, -0.25) is 0 Å². The number of hydrazine groups is 1. The van der Waals surface area contributed by atoms with Crippen LogP contribution in [0, 0.1) is 0 Å². The fraction of sp³-hybridized carbons (Fsp3) is 0.100. The second-order valence-electron chi connectivity index (χ2n) is 3.22. The molecule has 0 saturated carbocycles. The summed E-state index contributed by atoms with van der Waals surface area (Å²) in [7, 11) is 1.68. The van der Waals surface area contributed by atoms with Crippen LogP contribution in [-0.2, 0) is 0 Å². The number of benzene rings is 1. The summed E-state index contributed by atoms with van der Waals surface area (Å²) in [6.07, 6.45) is 1.11. The second kappa shape index (κ2) is 4.18. The summed E-state index contributed by atoms with van der Waals surface area (Å²) in [5.74, 6) is -0.625. The monoisotopic (exact) mass is 224 g/mol. The highest BCUT2D eigenvalue weighted by atomic mass is 19.2. The summed E-state index contributed by atoms with van der Waals surface area (Å²) in [6, 6.07) is 9.17. The van der Waals surface area contributed by atoms with Crippen molar-refractivity contribution < 1.29 is 8.87 Å². The zero-order valence-corrected chi connectivity index (χ0v) is 8.56. The zero-order valence-electron chi connectivity index (χ0n) is 8.56. The summed E-state index contributed by atoms with van der Waals surface area (Å²) < 4.78 is 25.7. The van der Waals surface area contributed by atoms with E-state index in [9.17, 15) is 8.87 Å². The quantitative estimate of drug-likeness (QED) is 0.584. The Kier molecular flexibility index (Phi) is 2.72. The molecule has 1 aliphatic rings. The average Bonchev–Trinajstić information content (AvgIpc) is 2.28. The minimum Gasteiger partial charge on any atom is -0.328 e. The van der Waals surface area contributed by atoms with Crippen LogP contribution in [0.1, 0.15) is 0 Å². The number of halogens is 2. The van der Waals surface area contributed by atoms with Crippen molar-refractivity contribution in [3.05, 3.63) is 42.4 Å². The van der Waals surface area contributed by atoms with Gasteiger partial charge in [0.2, 0.25) is 5.95 Å². The van der Waals surface area contributed by atoms with Gasteiger partial charge in [0.15, 0.2) is 5.84 Å². The number of nitrogens with zero attached hydrogens (tertiary/aromatic N) is 3. The highest BCUT2D eigenvalue weighted by Crippen LogP contribution is 2.15. The number of likely N-dealkylation sites (N-methyl/N-ethyl adjacent to an activating group) is 1. The highest BCUT2D eigenvalue weighted by Gasteiger charge is 2.15. The Morgan fingerprint density at radius 1 is 1.31 bits per heavy atom. The molecule has 84 valence electrons. The summed E-state index contributed by atoms with van der Waals surface area (Å²) in [5.41, 5.74) is 2.55. The van der Waals surface area contributed by atoms with Crippen molar-refractivity contribution in [2.24, 2.45) is 5.10 Å². The van der Waals surface area contributed by atoms with Crippen LogP contribution in [-0.4, -0.2) is 18.2 Å². The van der Waals surface area contributed by atoms with Gasteiger partial charge in [0.1, 0.15) is 0 Å². The molecule has 0 bridgehead atoms. The first-order valence-electron chi connectivity index (χ1n) is 4.64. The number of amidine groups is 1. The maximum atomic E-state index is 12.9. The number of nitrogens with one attached hydrogen (secondary N) is 1. The molecule has 1 aromatic carbocycles. The molecule has 0 unspecified atom stereocenters. The molecule has 0 fully saturated rings. The lowest BCUT2D eigenvalue weighted by Crippen LogP contribution is -2.35. The van der Waals surface area contributed by atoms with Crippen LogP contribution >= 0.6 is 0 Å². The van der Waals surface area contributed by atoms with E-state index in [-0.39, 0.29) is 11.2 Å². The molecule has 2 rings (SSSR count). The van der Waals surface area contributed by atoms with E-state index in [2.05, 4.69) is 5.10 Å². The van der Waals surface area contributed by atoms with Crippen molar-refractivity contribution >= 4 is 11.5 Å². The number of hydrogen-bond donors (Lipinski definition) is 1. The van der Waals surface area contributed by atoms with Crippen LogP contribution in [0.15, 0.2) is 47.5 Å². The molecule has 0 saturated heterocycles. The fourth-order valence-electron chi connectivity index (χ4n) is 1.33. The van der Waals surface area contributed by atoms with Crippen molar-refractivity contribution in [2.45, 2.75) is 0 Å². The average molecular weight is 224 g/mol. The minimum atomic E-state index is -0.796. The van der Waals surface area contributed by atoms with Gasteiger partial charge in [-0.25, -0.2) is 5.43 Å². The number of para-hydroxylation sites is 1. The van der Waals surface area contributed by atoms with Crippen molar-refractivity contribution in [1.82, 2.24) is 10.8 Å². The van der Waals surface area contributed by atoms with E-state index in [1.807, 2.05) is 30.3 Å². The van der Waals surface area contributed by atoms with Gasteiger partial charge in [-0.15, -0.1) is 5.10 Å². The summed E-state index contributed by atoms with van der Waals surface area (Å²) in [4.78, 5) is 1.58. The topological polar surface area (TPSA) is 30.9 Å². The van der Waals surface area contributed by atoms with Gasteiger partial charge >= 0.3 is 0 Å². The maximum absolute atomic E-state index is 12.9. The zero-order chi connectivity index (χ0) is 11.5. The summed E-state index contributed by atoms with van der Waals surface area (Å²) >= 11 is 0. The standard InChI is InChI=1S/C10H10F2N4/c1-15(8-5-3-2-4-6-8)10-7-9(11)13-16(12)14-10/h2-7,13H,1H3. The molecule has 0 atom stereocenters. The Morgan fingerprint density at radius 2 is 2.00 bits per heavy atom. The van der Waals surface area contributed by atoms with Gasteiger partial charge < -0.3 is 4.90 Å². The molecule has 6 heteroatoms. The minimum absolute atomic E-state index is 0.163. The van der Waals surface area contributed by atoms with E-state index in [0.29, 0.717) is 0 Å². The van der Waals surface area contributed by atoms with Crippen LogP contribution in [0.2, 0.25) is 0 Å². The molecule has 1 N–H and O–H groups in total. The van der Waals surface area contributed by atoms with E-state index in [1.165, 1.54) is 0 Å². The Hall–Kier alpha value is -2.11. The van der Waals surface area contributed by atoms with E-state index in [1.54, 1.807) is 17.4 Å². The van der Waals surface area contributed by atoms with Crippen LogP contribution in [0.5, 0.6) is 0 Å². The molecule has 0 radical (unpaired) electrons. The molecule has 0 aliphatic carbocycles. The molecule has 0 amide bonds. The maximum Gasteiger partial charge on any atom is 0.212 e. The molecule has 4 nitrogen and oxygen atoms in total. The number of hydrazone groups is 1. The molecule has 1 aromatic rings. The van der Waals surface area contributed by atoms with Crippen molar-refractivity contribution in [1.29, 1.82) is 0 Å². The molecule has 0 spiro atoms. The van der Waals surface area contributed by atoms with Crippen LogP contribution in [0.4, 0.5) is 14.6 Å². The Morgan fingerprint density at radius 3 is 2.62 bits per heavy atom. The first kappa shape index (κ1) is 10.4. The number of hydrogen-bond acceptors (Lipinski definition) is 4. The molecule has 1 heterocycles. The Bertz CT molecular complexity index is 430. The molecule has 16 heavy (non-hydrogen) atoms. The summed E-state index contributed by atoms with van der Waals surface area (Å²) in [6.45, 7) is 0. The highest BCUT2D eigenvalue weighted by molar-refractivity contribution is 6.05. The molecule has 0 aromatic heterocycles. The molecular formula is C10H10F2N4. The second-order valence-corrected chi connectivity index (χ2v) is 3.22. The van der Waals surface area contributed by atoms with Crippen LogP contribution in [0.3, 0.4) is 0 Å². The van der Waals surface area contributed by atoms with E-state index >= 15 is 0 Å². The first-order chi connectivity index (χ1) is 7.66. The lowest BCUT2D eigenvalue weighted by molar-refractivity contribution is -0.0277. The van der Waals surface area contributed by atoms with Gasteiger partial charge in [0.25, 0.3) is 0 Å². The lowest BCUT2D eigenvalue weighted by Gasteiger charge is -2.23. The van der Waals surface area contributed by atoms with Gasteiger partial charge in [-0.2, -0.15) is 4.39 Å². The molecule has 1 aliphatic heterocycles. The largest absolute Gasteiger partial charge is 0.328 e. The predicted octanol–water partition coefficient (Wildman–Crippen LogP) is 1.95. The van der Waals surface area contributed by atoms with Gasteiger partial charge in [-0.1, -0.05) is 22.7 Å². The first-order valence-corrected chi connectivity index (χ1v) is 4.64. The fourth-order valence-corrected chi connectivity index (χ4v) is 1.33. The van der Waals surface area contributed by atoms with Gasteiger partial charge in [0, 0.05) is 18.8 Å². The Labute approximate surface area is 91.4 Å². The lowest BCUT2D eigenvalue weighted by atomic mass is 10.3. The van der Waals surface area contributed by atoms with Crippen LogP contribution < -0.4 is 10.3 Å². The van der Waals surface area contributed by atoms with E-state index < -0.39 is 5.95 Å².